The fourth-order valence-corrected chi connectivity index (χ4v) is 1.47. The maximum absolute atomic E-state index is 10.8. The Bertz CT molecular complexity index is 297. The van der Waals surface area contributed by atoms with Gasteiger partial charge in [0.05, 0.1) is 6.61 Å². The van der Waals surface area contributed by atoms with E-state index in [1.165, 1.54) is 0 Å². The van der Waals surface area contributed by atoms with E-state index in [0.29, 0.717) is 13.0 Å². The van der Waals surface area contributed by atoms with E-state index < -0.39 is 6.10 Å². The van der Waals surface area contributed by atoms with Crippen molar-refractivity contribution >= 4 is 6.29 Å². The SMILES string of the molecule is C[C@H](CCO)[C@H](C=O)OCc1ccccc1. The normalized spacial score (nSPS) is 14.4. The molecule has 0 unspecified atom stereocenters. The Morgan fingerprint density at radius 1 is 1.38 bits per heavy atom. The molecule has 16 heavy (non-hydrogen) atoms. The minimum Gasteiger partial charge on any atom is -0.396 e. The topological polar surface area (TPSA) is 46.5 Å². The maximum atomic E-state index is 10.8. The summed E-state index contributed by atoms with van der Waals surface area (Å²) in [7, 11) is 0. The van der Waals surface area contributed by atoms with E-state index in [-0.39, 0.29) is 12.5 Å². The van der Waals surface area contributed by atoms with Gasteiger partial charge >= 0.3 is 0 Å². The standard InChI is InChI=1S/C13H18O3/c1-11(7-8-14)13(9-15)16-10-12-5-3-2-4-6-12/h2-6,9,11,13-14H,7-8,10H2,1H3/t11-,13+/m1/s1. The second-order valence-corrected chi connectivity index (χ2v) is 3.89. The monoisotopic (exact) mass is 222 g/mol. The van der Waals surface area contributed by atoms with Crippen LogP contribution in [0.3, 0.4) is 0 Å². The van der Waals surface area contributed by atoms with Crippen LogP contribution in [-0.2, 0) is 16.1 Å². The molecule has 0 spiro atoms. The van der Waals surface area contributed by atoms with Crippen molar-refractivity contribution in [3.63, 3.8) is 0 Å². The molecule has 0 fully saturated rings. The fraction of sp³-hybridized carbons (Fsp3) is 0.462. The highest BCUT2D eigenvalue weighted by Gasteiger charge is 2.16. The van der Waals surface area contributed by atoms with Crippen molar-refractivity contribution in [3.05, 3.63) is 35.9 Å². The lowest BCUT2D eigenvalue weighted by Gasteiger charge is -2.18. The molecule has 0 amide bonds. The van der Waals surface area contributed by atoms with Gasteiger partial charge in [0.15, 0.2) is 0 Å². The summed E-state index contributed by atoms with van der Waals surface area (Å²) in [6.07, 6.45) is 0.953. The average Bonchev–Trinajstić information content (AvgIpc) is 2.31. The zero-order valence-corrected chi connectivity index (χ0v) is 9.50. The van der Waals surface area contributed by atoms with Gasteiger partial charge in [-0.25, -0.2) is 0 Å². The Hall–Kier alpha value is -1.19. The molecule has 0 saturated heterocycles. The van der Waals surface area contributed by atoms with Crippen molar-refractivity contribution in [3.8, 4) is 0 Å². The zero-order valence-electron chi connectivity index (χ0n) is 9.50. The molecule has 1 N–H and O–H groups in total. The van der Waals surface area contributed by atoms with Crippen LogP contribution in [0, 0.1) is 5.92 Å². The Kier molecular flexibility index (Phi) is 5.75. The number of hydrogen-bond donors (Lipinski definition) is 1. The zero-order chi connectivity index (χ0) is 11.8. The number of aldehydes is 1. The highest BCUT2D eigenvalue weighted by molar-refractivity contribution is 5.56. The summed E-state index contributed by atoms with van der Waals surface area (Å²) in [5.74, 6) is 0.0474. The molecule has 0 heterocycles. The van der Waals surface area contributed by atoms with Crippen LogP contribution in [0.4, 0.5) is 0 Å². The van der Waals surface area contributed by atoms with E-state index in [4.69, 9.17) is 9.84 Å². The lowest BCUT2D eigenvalue weighted by molar-refractivity contribution is -0.122. The van der Waals surface area contributed by atoms with E-state index in [9.17, 15) is 4.79 Å². The van der Waals surface area contributed by atoms with Crippen LogP contribution < -0.4 is 0 Å². The predicted octanol–water partition coefficient (Wildman–Crippen LogP) is 1.79. The number of carbonyl (C=O) groups is 1. The van der Waals surface area contributed by atoms with E-state index in [0.717, 1.165) is 11.8 Å². The van der Waals surface area contributed by atoms with Gasteiger partial charge in [-0.15, -0.1) is 0 Å². The van der Waals surface area contributed by atoms with E-state index in [2.05, 4.69) is 0 Å². The molecular weight excluding hydrogens is 204 g/mol. The molecule has 0 aliphatic carbocycles. The van der Waals surface area contributed by atoms with Crippen LogP contribution in [0.25, 0.3) is 0 Å². The molecular formula is C13H18O3. The van der Waals surface area contributed by atoms with Gasteiger partial charge < -0.3 is 14.6 Å². The van der Waals surface area contributed by atoms with Gasteiger partial charge in [0.2, 0.25) is 0 Å². The number of ether oxygens (including phenoxy) is 1. The summed E-state index contributed by atoms with van der Waals surface area (Å²) in [5.41, 5.74) is 1.05. The number of hydrogen-bond acceptors (Lipinski definition) is 3. The van der Waals surface area contributed by atoms with Crippen molar-refractivity contribution in [2.24, 2.45) is 5.92 Å². The first-order valence-electron chi connectivity index (χ1n) is 5.49. The quantitative estimate of drug-likeness (QED) is 0.715. The van der Waals surface area contributed by atoms with E-state index in [1.54, 1.807) is 0 Å². The minimum absolute atomic E-state index is 0.0474. The van der Waals surface area contributed by atoms with Gasteiger partial charge in [0.25, 0.3) is 0 Å². The highest BCUT2D eigenvalue weighted by atomic mass is 16.5. The number of aliphatic hydroxyl groups is 1. The van der Waals surface area contributed by atoms with Crippen molar-refractivity contribution in [1.82, 2.24) is 0 Å². The molecule has 88 valence electrons. The molecule has 0 saturated carbocycles. The molecule has 0 radical (unpaired) electrons. The molecule has 0 aromatic heterocycles. The number of carbonyl (C=O) groups excluding carboxylic acids is 1. The van der Waals surface area contributed by atoms with Crippen LogP contribution in [0.15, 0.2) is 30.3 Å². The summed E-state index contributed by atoms with van der Waals surface area (Å²) in [4.78, 5) is 10.8. The summed E-state index contributed by atoms with van der Waals surface area (Å²) in [5, 5.41) is 8.79. The first-order valence-corrected chi connectivity index (χ1v) is 5.49. The summed E-state index contributed by atoms with van der Waals surface area (Å²) < 4.78 is 5.51. The predicted molar refractivity (Wildman–Crippen MR) is 61.9 cm³/mol. The molecule has 1 rings (SSSR count). The van der Waals surface area contributed by atoms with Crippen molar-refractivity contribution in [2.75, 3.05) is 6.61 Å². The third kappa shape index (κ3) is 4.13. The number of rotatable bonds is 7. The number of benzene rings is 1. The first kappa shape index (κ1) is 12.9. The van der Waals surface area contributed by atoms with Crippen LogP contribution in [0.5, 0.6) is 0 Å². The molecule has 0 aliphatic rings. The van der Waals surface area contributed by atoms with Crippen molar-refractivity contribution in [2.45, 2.75) is 26.1 Å². The van der Waals surface area contributed by atoms with Crippen LogP contribution in [0.1, 0.15) is 18.9 Å². The van der Waals surface area contributed by atoms with Gasteiger partial charge in [0, 0.05) is 6.61 Å². The first-order chi connectivity index (χ1) is 7.77. The van der Waals surface area contributed by atoms with Crippen LogP contribution >= 0.6 is 0 Å². The second kappa shape index (κ2) is 7.14. The smallest absolute Gasteiger partial charge is 0.149 e. The lowest BCUT2D eigenvalue weighted by Crippen LogP contribution is -2.24. The Morgan fingerprint density at radius 3 is 2.62 bits per heavy atom. The fourth-order valence-electron chi connectivity index (χ4n) is 1.47. The van der Waals surface area contributed by atoms with Crippen LogP contribution in [0.2, 0.25) is 0 Å². The molecule has 0 bridgehead atoms. The average molecular weight is 222 g/mol. The lowest BCUT2D eigenvalue weighted by atomic mass is 10.0. The van der Waals surface area contributed by atoms with Crippen molar-refractivity contribution < 1.29 is 14.6 Å². The Labute approximate surface area is 96.1 Å². The largest absolute Gasteiger partial charge is 0.396 e. The van der Waals surface area contributed by atoms with Gasteiger partial charge in [0.1, 0.15) is 12.4 Å². The van der Waals surface area contributed by atoms with E-state index >= 15 is 0 Å². The number of aliphatic hydroxyl groups excluding tert-OH is 1. The van der Waals surface area contributed by atoms with E-state index in [1.807, 2.05) is 37.3 Å². The summed E-state index contributed by atoms with van der Waals surface area (Å²) >= 11 is 0. The molecule has 3 nitrogen and oxygen atoms in total. The third-order valence-electron chi connectivity index (χ3n) is 2.56. The Balaban J connectivity index is 2.42. The summed E-state index contributed by atoms with van der Waals surface area (Å²) in [6.45, 7) is 2.42. The van der Waals surface area contributed by atoms with Crippen LogP contribution in [-0.4, -0.2) is 24.1 Å². The van der Waals surface area contributed by atoms with Gasteiger partial charge in [-0.1, -0.05) is 37.3 Å². The third-order valence-corrected chi connectivity index (χ3v) is 2.56. The molecule has 2 atom stereocenters. The van der Waals surface area contributed by atoms with Gasteiger partial charge in [-0.2, -0.15) is 0 Å². The molecule has 1 aromatic rings. The molecule has 3 heteroatoms. The second-order valence-electron chi connectivity index (χ2n) is 3.89. The minimum atomic E-state index is -0.438. The molecule has 1 aromatic carbocycles. The van der Waals surface area contributed by atoms with Crippen molar-refractivity contribution in [1.29, 1.82) is 0 Å². The van der Waals surface area contributed by atoms with Gasteiger partial charge in [-0.05, 0) is 17.9 Å². The summed E-state index contributed by atoms with van der Waals surface area (Å²) in [6, 6.07) is 9.73. The Morgan fingerprint density at radius 2 is 2.06 bits per heavy atom. The van der Waals surface area contributed by atoms with Gasteiger partial charge in [-0.3, -0.25) is 0 Å². The highest BCUT2D eigenvalue weighted by Crippen LogP contribution is 2.12. The molecule has 0 aliphatic heterocycles. The maximum Gasteiger partial charge on any atom is 0.149 e.